The first-order valence-corrected chi connectivity index (χ1v) is 16.9. The predicted octanol–water partition coefficient (Wildman–Crippen LogP) is 6.02. The fraction of sp³-hybridized carbons (Fsp3) is 0.385. The van der Waals surface area contributed by atoms with Crippen LogP contribution in [0.2, 0.25) is 0 Å². The summed E-state index contributed by atoms with van der Waals surface area (Å²) in [4.78, 5) is 59.7. The first kappa shape index (κ1) is 29.7. The van der Waals surface area contributed by atoms with E-state index < -0.39 is 40.9 Å². The summed E-state index contributed by atoms with van der Waals surface area (Å²) < 4.78 is 0. The Hall–Kier alpha value is -4.72. The van der Waals surface area contributed by atoms with E-state index in [0.29, 0.717) is 23.2 Å². The number of allylic oxidation sites excluding steroid dienone is 2. The number of hydrazine groups is 1. The minimum Gasteiger partial charge on any atom is -0.508 e. The van der Waals surface area contributed by atoms with Crippen molar-refractivity contribution in [1.82, 2.24) is 9.91 Å². The van der Waals surface area contributed by atoms with Gasteiger partial charge in [0.1, 0.15) is 5.75 Å². The molecule has 8 heteroatoms. The maximum atomic E-state index is 15.1. The van der Waals surface area contributed by atoms with Crippen LogP contribution in [0, 0.1) is 30.6 Å². The summed E-state index contributed by atoms with van der Waals surface area (Å²) in [5.74, 6) is -4.08. The van der Waals surface area contributed by atoms with E-state index in [4.69, 9.17) is 0 Å². The Labute approximate surface area is 274 Å². The Balaban J connectivity index is 1.30. The second kappa shape index (κ2) is 11.2. The summed E-state index contributed by atoms with van der Waals surface area (Å²) in [6.45, 7) is 1.97. The number of aromatic hydroxyl groups is 1. The largest absolute Gasteiger partial charge is 0.508 e. The molecule has 4 fully saturated rings. The zero-order valence-corrected chi connectivity index (χ0v) is 26.5. The summed E-state index contributed by atoms with van der Waals surface area (Å²) in [5.41, 5.74) is 5.47. The Bertz CT molecular complexity index is 1800. The first-order chi connectivity index (χ1) is 22.8. The van der Waals surface area contributed by atoms with Gasteiger partial charge in [-0.1, -0.05) is 97.1 Å². The quantitative estimate of drug-likeness (QED) is 0.264. The van der Waals surface area contributed by atoms with Crippen LogP contribution >= 0.6 is 0 Å². The smallest absolute Gasteiger partial charge is 0.260 e. The molecule has 2 saturated carbocycles. The van der Waals surface area contributed by atoms with Gasteiger partial charge >= 0.3 is 0 Å². The summed E-state index contributed by atoms with van der Waals surface area (Å²) in [7, 11) is 0. The molecule has 0 aromatic heterocycles. The summed E-state index contributed by atoms with van der Waals surface area (Å²) in [6.07, 6.45) is 7.46. The minimum atomic E-state index is -1.39. The molecule has 0 spiro atoms. The van der Waals surface area contributed by atoms with Crippen LogP contribution < -0.4 is 5.43 Å². The molecule has 8 nitrogen and oxygen atoms in total. The molecule has 2 heterocycles. The van der Waals surface area contributed by atoms with Crippen molar-refractivity contribution < 1.29 is 24.3 Å². The van der Waals surface area contributed by atoms with E-state index in [1.807, 2.05) is 79.7 Å². The van der Waals surface area contributed by atoms with Crippen molar-refractivity contribution in [3.63, 3.8) is 0 Å². The Morgan fingerprint density at radius 1 is 0.787 bits per heavy atom. The van der Waals surface area contributed by atoms with Crippen LogP contribution in [0.25, 0.3) is 0 Å². The lowest BCUT2D eigenvalue weighted by Crippen LogP contribution is -2.53. The number of phenols is 1. The van der Waals surface area contributed by atoms with E-state index in [2.05, 4.69) is 5.43 Å². The molecule has 3 aromatic carbocycles. The van der Waals surface area contributed by atoms with Crippen LogP contribution in [0.3, 0.4) is 0 Å². The fourth-order valence-electron chi connectivity index (χ4n) is 9.55. The van der Waals surface area contributed by atoms with Crippen LogP contribution in [-0.2, 0) is 24.6 Å². The Kier molecular flexibility index (Phi) is 7.08. The number of benzene rings is 3. The lowest BCUT2D eigenvalue weighted by atomic mass is 9.49. The van der Waals surface area contributed by atoms with Crippen molar-refractivity contribution in [2.24, 2.45) is 23.7 Å². The zero-order chi connectivity index (χ0) is 32.4. The number of nitrogens with zero attached hydrogens (tertiary/aromatic N) is 2. The van der Waals surface area contributed by atoms with E-state index in [1.165, 1.54) is 0 Å². The van der Waals surface area contributed by atoms with Gasteiger partial charge < -0.3 is 5.11 Å². The van der Waals surface area contributed by atoms with Crippen LogP contribution in [0.4, 0.5) is 5.69 Å². The SMILES string of the molecule is Cc1ccc(NN2C(=O)[C@@H]3C[C@@H]4C(=CC[C@@H]5C(=O)N(C6CCCCC6)C(=O)[C@@H]54)[C@H](c4ccccc4O)[C@]3(c3ccccc3)C2=O)cc1. The van der Waals surface area contributed by atoms with E-state index in [0.717, 1.165) is 48.2 Å². The van der Waals surface area contributed by atoms with Crippen LogP contribution in [0.5, 0.6) is 5.75 Å². The van der Waals surface area contributed by atoms with Gasteiger partial charge in [-0.25, -0.2) is 0 Å². The van der Waals surface area contributed by atoms with Gasteiger partial charge in [0.15, 0.2) is 0 Å². The van der Waals surface area contributed by atoms with E-state index in [1.54, 1.807) is 17.0 Å². The number of carbonyl (C=O) groups is 4. The number of aryl methyl sites for hydroxylation is 1. The van der Waals surface area contributed by atoms with Gasteiger partial charge in [0, 0.05) is 17.5 Å². The van der Waals surface area contributed by atoms with Crippen molar-refractivity contribution in [2.45, 2.75) is 69.2 Å². The molecule has 2 aliphatic heterocycles. The maximum absolute atomic E-state index is 15.1. The van der Waals surface area contributed by atoms with Gasteiger partial charge in [-0.05, 0) is 62.3 Å². The van der Waals surface area contributed by atoms with Crippen LogP contribution in [0.15, 0.2) is 90.5 Å². The second-order valence-corrected chi connectivity index (χ2v) is 14.0. The molecule has 3 aromatic rings. The standard InChI is InChI=1S/C39H39N3O5/c1-23-16-18-25(19-17-23)40-42-36(45)31-22-30-27(20-21-29-33(30)37(46)41(35(29)44)26-12-6-3-7-13-26)34(28-14-8-9-15-32(28)43)39(31,38(42)47)24-10-4-2-5-11-24/h2,4-5,8-11,14-20,26,29-31,33-34,40,43H,3,6-7,12-13,21-22H2,1H3/t29-,30+,31-,33-,34+,39+/m0/s1. The highest BCUT2D eigenvalue weighted by atomic mass is 16.3. The fourth-order valence-corrected chi connectivity index (χ4v) is 9.55. The number of anilines is 1. The third-order valence-corrected chi connectivity index (χ3v) is 11.6. The molecule has 3 aliphatic carbocycles. The molecule has 2 N–H and O–H groups in total. The summed E-state index contributed by atoms with van der Waals surface area (Å²) in [6, 6.07) is 23.8. The maximum Gasteiger partial charge on any atom is 0.260 e. The summed E-state index contributed by atoms with van der Waals surface area (Å²) >= 11 is 0. The highest BCUT2D eigenvalue weighted by Crippen LogP contribution is 2.65. The van der Waals surface area contributed by atoms with Crippen molar-refractivity contribution in [1.29, 1.82) is 0 Å². The molecule has 0 radical (unpaired) electrons. The molecule has 5 aliphatic rings. The molecule has 0 bridgehead atoms. The minimum absolute atomic E-state index is 0.0260. The number of nitrogens with one attached hydrogen (secondary N) is 1. The van der Waals surface area contributed by atoms with Gasteiger partial charge in [-0.3, -0.25) is 29.5 Å². The van der Waals surface area contributed by atoms with Gasteiger partial charge in [0.05, 0.1) is 28.9 Å². The lowest BCUT2D eigenvalue weighted by Gasteiger charge is -2.50. The molecular formula is C39H39N3O5. The monoisotopic (exact) mass is 629 g/mol. The number of hydrogen-bond acceptors (Lipinski definition) is 6. The number of para-hydroxylation sites is 1. The molecule has 47 heavy (non-hydrogen) atoms. The zero-order valence-electron chi connectivity index (χ0n) is 26.5. The predicted molar refractivity (Wildman–Crippen MR) is 176 cm³/mol. The van der Waals surface area contributed by atoms with Crippen molar-refractivity contribution in [2.75, 3.05) is 5.43 Å². The van der Waals surface area contributed by atoms with Gasteiger partial charge in [0.2, 0.25) is 11.8 Å². The number of hydrogen-bond donors (Lipinski definition) is 2. The highest BCUT2D eigenvalue weighted by molar-refractivity contribution is 6.13. The molecule has 6 atom stereocenters. The van der Waals surface area contributed by atoms with E-state index >= 15 is 4.79 Å². The molecular weight excluding hydrogens is 590 g/mol. The third kappa shape index (κ3) is 4.33. The highest BCUT2D eigenvalue weighted by Gasteiger charge is 2.70. The van der Waals surface area contributed by atoms with Gasteiger partial charge in [-0.15, -0.1) is 0 Å². The Morgan fingerprint density at radius 3 is 2.21 bits per heavy atom. The number of likely N-dealkylation sites (tertiary alicyclic amines) is 1. The van der Waals surface area contributed by atoms with Crippen LogP contribution in [0.1, 0.15) is 67.6 Å². The number of phenolic OH excluding ortho intramolecular Hbond substituents is 1. The number of fused-ring (bicyclic) bond motifs is 4. The normalized spacial score (nSPS) is 30.6. The van der Waals surface area contributed by atoms with Crippen molar-refractivity contribution in [3.05, 3.63) is 107 Å². The second-order valence-electron chi connectivity index (χ2n) is 14.0. The average Bonchev–Trinajstić information content (AvgIpc) is 3.48. The molecule has 4 amide bonds. The first-order valence-electron chi connectivity index (χ1n) is 16.9. The van der Waals surface area contributed by atoms with Gasteiger partial charge in [-0.2, -0.15) is 5.01 Å². The van der Waals surface area contributed by atoms with E-state index in [9.17, 15) is 19.5 Å². The number of rotatable bonds is 5. The lowest BCUT2D eigenvalue weighted by molar-refractivity contribution is -0.144. The Morgan fingerprint density at radius 2 is 1.49 bits per heavy atom. The molecule has 2 saturated heterocycles. The van der Waals surface area contributed by atoms with E-state index in [-0.39, 0.29) is 35.9 Å². The number of imide groups is 2. The third-order valence-electron chi connectivity index (χ3n) is 11.6. The number of amides is 4. The number of carbonyl (C=O) groups excluding carboxylic acids is 4. The van der Waals surface area contributed by atoms with Crippen molar-refractivity contribution in [3.8, 4) is 5.75 Å². The summed E-state index contributed by atoms with van der Waals surface area (Å²) in [5, 5.41) is 12.6. The van der Waals surface area contributed by atoms with Crippen LogP contribution in [-0.4, -0.2) is 44.7 Å². The van der Waals surface area contributed by atoms with Crippen molar-refractivity contribution >= 4 is 29.3 Å². The van der Waals surface area contributed by atoms with Gasteiger partial charge in [0.25, 0.3) is 11.8 Å². The topological polar surface area (TPSA) is 107 Å². The molecule has 240 valence electrons. The molecule has 0 unspecified atom stereocenters. The average molecular weight is 630 g/mol. The molecule has 8 rings (SSSR count).